The largest absolute Gasteiger partial charge is 0.573 e. The quantitative estimate of drug-likeness (QED) is 0.348. The highest BCUT2D eigenvalue weighted by Gasteiger charge is 2.31. The number of rotatable bonds is 5. The van der Waals surface area contributed by atoms with Gasteiger partial charge in [-0.25, -0.2) is 9.97 Å². The molecule has 3 N–H and O–H groups in total. The lowest BCUT2D eigenvalue weighted by Gasteiger charge is -2.23. The second kappa shape index (κ2) is 9.88. The predicted molar refractivity (Wildman–Crippen MR) is 131 cm³/mol. The number of hydrogen-bond acceptors (Lipinski definition) is 7. The Hall–Kier alpha value is -3.09. The van der Waals surface area contributed by atoms with Crippen molar-refractivity contribution < 1.29 is 22.7 Å². The molecule has 13 heteroatoms. The fourth-order valence-electron chi connectivity index (χ4n) is 3.95. The van der Waals surface area contributed by atoms with E-state index in [9.17, 15) is 18.0 Å². The van der Waals surface area contributed by atoms with Crippen molar-refractivity contribution in [1.29, 1.82) is 0 Å². The van der Waals surface area contributed by atoms with Crippen molar-refractivity contribution in [3.05, 3.63) is 42.0 Å². The number of imidazole rings is 1. The maximum absolute atomic E-state index is 12.7. The van der Waals surface area contributed by atoms with E-state index in [2.05, 4.69) is 30.7 Å². The number of ether oxygens (including phenoxy) is 1. The van der Waals surface area contributed by atoms with E-state index in [1.807, 2.05) is 17.7 Å². The smallest absolute Gasteiger partial charge is 0.406 e. The van der Waals surface area contributed by atoms with Crippen molar-refractivity contribution in [3.8, 4) is 5.75 Å². The van der Waals surface area contributed by atoms with Gasteiger partial charge in [0.25, 0.3) is 5.91 Å². The van der Waals surface area contributed by atoms with Gasteiger partial charge in [0.1, 0.15) is 5.75 Å². The van der Waals surface area contributed by atoms with Crippen LogP contribution in [0.25, 0.3) is 21.3 Å². The van der Waals surface area contributed by atoms with Crippen LogP contribution < -0.4 is 20.7 Å². The number of carbonyl (C=O) groups is 1. The number of thiazole rings is 1. The monoisotopic (exact) mass is 526 g/mol. The Morgan fingerprint density at radius 3 is 2.77 bits per heavy atom. The Balaban J connectivity index is 0.00000289. The highest BCUT2D eigenvalue weighted by Crippen LogP contribution is 2.33. The van der Waals surface area contributed by atoms with Crippen LogP contribution in [0.2, 0.25) is 0 Å². The summed E-state index contributed by atoms with van der Waals surface area (Å²) >= 11 is 1.19. The molecule has 8 nitrogen and oxygen atoms in total. The number of carbonyl (C=O) groups excluding carboxylic acids is 1. The van der Waals surface area contributed by atoms with Crippen LogP contribution in [-0.4, -0.2) is 45.9 Å². The molecule has 35 heavy (non-hydrogen) atoms. The van der Waals surface area contributed by atoms with Crippen LogP contribution in [-0.2, 0) is 7.05 Å². The SMILES string of the molecule is Cl.Cn1c(Nc2nc3ccc(OC(F)(F)F)cc3s2)nc2cc(C(=O)NC3CCCNC3)ccc21. The highest BCUT2D eigenvalue weighted by molar-refractivity contribution is 7.22. The lowest BCUT2D eigenvalue weighted by molar-refractivity contribution is -0.274. The van der Waals surface area contributed by atoms with Crippen LogP contribution in [0.1, 0.15) is 23.2 Å². The maximum atomic E-state index is 12.7. The number of nitrogens with one attached hydrogen (secondary N) is 3. The lowest BCUT2D eigenvalue weighted by Crippen LogP contribution is -2.45. The average molecular weight is 527 g/mol. The van der Waals surface area contributed by atoms with E-state index in [1.54, 1.807) is 12.1 Å². The number of benzene rings is 2. The molecule has 0 aliphatic carbocycles. The second-order valence-corrected chi connectivity index (χ2v) is 9.07. The van der Waals surface area contributed by atoms with E-state index in [0.717, 1.165) is 31.4 Å². The normalized spacial score (nSPS) is 16.2. The first kappa shape index (κ1) is 25.0. The van der Waals surface area contributed by atoms with E-state index in [4.69, 9.17) is 0 Å². The Bertz CT molecular complexity index is 1370. The molecule has 2 aromatic heterocycles. The van der Waals surface area contributed by atoms with E-state index < -0.39 is 6.36 Å². The zero-order valence-corrected chi connectivity index (χ0v) is 20.1. The van der Waals surface area contributed by atoms with Crippen LogP contribution >= 0.6 is 23.7 Å². The van der Waals surface area contributed by atoms with E-state index in [-0.39, 0.29) is 30.1 Å². The van der Waals surface area contributed by atoms with Crippen LogP contribution in [0, 0.1) is 0 Å². The van der Waals surface area contributed by atoms with Crippen LogP contribution in [0.3, 0.4) is 0 Å². The number of aryl methyl sites for hydroxylation is 1. The number of alkyl halides is 3. The Labute approximate surface area is 208 Å². The zero-order chi connectivity index (χ0) is 23.9. The molecule has 1 fully saturated rings. The van der Waals surface area contributed by atoms with Crippen LogP contribution in [0.15, 0.2) is 36.4 Å². The fourth-order valence-corrected chi connectivity index (χ4v) is 4.84. The molecule has 1 unspecified atom stereocenters. The number of nitrogens with zero attached hydrogens (tertiary/aromatic N) is 3. The number of piperidine rings is 1. The third-order valence-corrected chi connectivity index (χ3v) is 6.52. The molecule has 3 heterocycles. The van der Waals surface area contributed by atoms with Gasteiger partial charge >= 0.3 is 6.36 Å². The van der Waals surface area contributed by atoms with Gasteiger partial charge in [-0.15, -0.1) is 25.6 Å². The van der Waals surface area contributed by atoms with Gasteiger partial charge in [-0.05, 0) is 49.7 Å². The topological polar surface area (TPSA) is 93.1 Å². The summed E-state index contributed by atoms with van der Waals surface area (Å²) in [7, 11) is 1.83. The molecule has 2 aromatic carbocycles. The van der Waals surface area contributed by atoms with Crippen molar-refractivity contribution in [1.82, 2.24) is 25.2 Å². The summed E-state index contributed by atoms with van der Waals surface area (Å²) in [6.07, 6.45) is -2.78. The molecule has 0 radical (unpaired) electrons. The van der Waals surface area contributed by atoms with Gasteiger partial charge < -0.3 is 25.3 Å². The molecule has 4 aromatic rings. The minimum Gasteiger partial charge on any atom is -0.406 e. The van der Waals surface area contributed by atoms with Gasteiger partial charge in [-0.3, -0.25) is 4.79 Å². The van der Waals surface area contributed by atoms with Crippen LogP contribution in [0.4, 0.5) is 24.3 Å². The fraction of sp³-hybridized carbons (Fsp3) is 0.318. The Morgan fingerprint density at radius 1 is 1.20 bits per heavy atom. The maximum Gasteiger partial charge on any atom is 0.573 e. The first-order valence-corrected chi connectivity index (χ1v) is 11.5. The molecule has 1 saturated heterocycles. The summed E-state index contributed by atoms with van der Waals surface area (Å²) < 4.78 is 43.8. The van der Waals surface area contributed by atoms with Crippen molar-refractivity contribution in [2.45, 2.75) is 25.2 Å². The molecular weight excluding hydrogens is 505 g/mol. The van der Waals surface area contributed by atoms with E-state index in [0.29, 0.717) is 32.4 Å². The minimum absolute atomic E-state index is 0. The molecule has 1 aliphatic heterocycles. The summed E-state index contributed by atoms with van der Waals surface area (Å²) in [5, 5.41) is 9.92. The van der Waals surface area contributed by atoms with Crippen molar-refractivity contribution in [2.24, 2.45) is 7.05 Å². The van der Waals surface area contributed by atoms with Gasteiger partial charge in [-0.2, -0.15) is 0 Å². The molecule has 0 spiro atoms. The molecule has 0 saturated carbocycles. The van der Waals surface area contributed by atoms with Crippen molar-refractivity contribution in [2.75, 3.05) is 18.4 Å². The highest BCUT2D eigenvalue weighted by atomic mass is 35.5. The molecule has 5 rings (SSSR count). The number of hydrogen-bond donors (Lipinski definition) is 3. The third-order valence-electron chi connectivity index (χ3n) is 5.59. The number of halogens is 4. The molecule has 1 atom stereocenters. The lowest BCUT2D eigenvalue weighted by atomic mass is 10.1. The minimum atomic E-state index is -4.75. The first-order valence-electron chi connectivity index (χ1n) is 10.7. The number of anilines is 2. The molecule has 1 amide bonds. The van der Waals surface area contributed by atoms with Crippen molar-refractivity contribution >= 4 is 62.0 Å². The average Bonchev–Trinajstić information content (AvgIpc) is 3.33. The van der Waals surface area contributed by atoms with Gasteiger partial charge in [0, 0.05) is 31.3 Å². The second-order valence-electron chi connectivity index (χ2n) is 8.04. The van der Waals surface area contributed by atoms with Gasteiger partial charge in [0.2, 0.25) is 5.95 Å². The molecule has 0 bridgehead atoms. The first-order chi connectivity index (χ1) is 16.2. The van der Waals surface area contributed by atoms with E-state index in [1.165, 1.54) is 29.5 Å². The van der Waals surface area contributed by atoms with Gasteiger partial charge in [0.15, 0.2) is 5.13 Å². The molecule has 186 valence electrons. The Kier molecular flexibility index (Phi) is 7.06. The Morgan fingerprint density at radius 2 is 2.03 bits per heavy atom. The molecule has 1 aliphatic rings. The molecular formula is C22H22ClF3N6O2S. The summed E-state index contributed by atoms with van der Waals surface area (Å²) in [6.45, 7) is 1.73. The standard InChI is InChI=1S/C22H21F3N6O2S.ClH/c1-31-17-7-4-12(19(32)27-13-3-2-8-26-11-13)9-16(17)28-20(31)30-21-29-15-6-5-14(10-18(15)34-21)33-22(23,24)25;/h4-7,9-10,13,26H,2-3,8,11H2,1H3,(H,27,32)(H,28,29,30);1H. The van der Waals surface area contributed by atoms with Crippen molar-refractivity contribution in [3.63, 3.8) is 0 Å². The number of aromatic nitrogens is 3. The summed E-state index contributed by atoms with van der Waals surface area (Å²) in [6, 6.07) is 9.45. The number of amides is 1. The van der Waals surface area contributed by atoms with E-state index >= 15 is 0 Å². The van der Waals surface area contributed by atoms with Crippen LogP contribution in [0.5, 0.6) is 5.75 Å². The predicted octanol–water partition coefficient (Wildman–Crippen LogP) is 4.73. The summed E-state index contributed by atoms with van der Waals surface area (Å²) in [5.41, 5.74) is 2.53. The zero-order valence-electron chi connectivity index (χ0n) is 18.5. The van der Waals surface area contributed by atoms with Gasteiger partial charge in [-0.1, -0.05) is 11.3 Å². The summed E-state index contributed by atoms with van der Waals surface area (Å²) in [5.74, 6) is 0.0569. The van der Waals surface area contributed by atoms with Gasteiger partial charge in [0.05, 0.1) is 21.3 Å². The number of fused-ring (bicyclic) bond motifs is 2. The summed E-state index contributed by atoms with van der Waals surface area (Å²) in [4.78, 5) is 21.7. The third kappa shape index (κ3) is 5.60.